The van der Waals surface area contributed by atoms with Gasteiger partial charge in [-0.2, -0.15) is 5.10 Å². The lowest BCUT2D eigenvalue weighted by molar-refractivity contribution is 0.104. The molecular weight excluding hydrogens is 284 g/mol. The molecule has 0 saturated heterocycles. The molecule has 5 nitrogen and oxygen atoms in total. The molecule has 0 aromatic carbocycles. The van der Waals surface area contributed by atoms with Crippen molar-refractivity contribution in [2.75, 3.05) is 19.8 Å². The highest BCUT2D eigenvalue weighted by atomic mass is 32.1. The van der Waals surface area contributed by atoms with Crippen LogP contribution in [0.25, 0.3) is 0 Å². The SMILES string of the molecule is CCOC[C@@H]1CN(Cc2scnc2C)Cc2cn(C)nc21. The van der Waals surface area contributed by atoms with Crippen LogP contribution in [0.15, 0.2) is 11.7 Å². The quantitative estimate of drug-likeness (QED) is 0.850. The fraction of sp³-hybridized carbons (Fsp3) is 0.600. The van der Waals surface area contributed by atoms with Crippen LogP contribution in [0.3, 0.4) is 0 Å². The van der Waals surface area contributed by atoms with Gasteiger partial charge in [-0.25, -0.2) is 4.98 Å². The van der Waals surface area contributed by atoms with Crippen molar-refractivity contribution >= 4 is 11.3 Å². The largest absolute Gasteiger partial charge is 0.381 e. The molecule has 0 saturated carbocycles. The molecule has 0 fully saturated rings. The number of nitrogens with zero attached hydrogens (tertiary/aromatic N) is 4. The van der Waals surface area contributed by atoms with E-state index in [0.29, 0.717) is 5.92 Å². The maximum Gasteiger partial charge on any atom is 0.0798 e. The second-order valence-corrected chi connectivity index (χ2v) is 6.54. The van der Waals surface area contributed by atoms with Crippen LogP contribution in [0.2, 0.25) is 0 Å². The molecule has 3 rings (SSSR count). The molecule has 114 valence electrons. The van der Waals surface area contributed by atoms with Gasteiger partial charge in [0.2, 0.25) is 0 Å². The molecule has 1 aliphatic heterocycles. The smallest absolute Gasteiger partial charge is 0.0798 e. The normalized spacial score (nSPS) is 18.9. The van der Waals surface area contributed by atoms with Crippen molar-refractivity contribution in [1.29, 1.82) is 0 Å². The fourth-order valence-corrected chi connectivity index (χ4v) is 3.74. The van der Waals surface area contributed by atoms with Gasteiger partial charge in [0, 0.05) is 55.8 Å². The zero-order valence-electron chi connectivity index (χ0n) is 12.9. The first kappa shape index (κ1) is 14.7. The van der Waals surface area contributed by atoms with Crippen molar-refractivity contribution in [3.05, 3.63) is 33.5 Å². The molecule has 3 heterocycles. The van der Waals surface area contributed by atoms with E-state index in [-0.39, 0.29) is 0 Å². The van der Waals surface area contributed by atoms with E-state index >= 15 is 0 Å². The molecule has 21 heavy (non-hydrogen) atoms. The highest BCUT2D eigenvalue weighted by Gasteiger charge is 2.28. The van der Waals surface area contributed by atoms with Gasteiger partial charge in [0.15, 0.2) is 0 Å². The number of ether oxygens (including phenoxy) is 1. The van der Waals surface area contributed by atoms with E-state index in [0.717, 1.165) is 38.5 Å². The molecule has 2 aromatic heterocycles. The Balaban J connectivity index is 1.77. The van der Waals surface area contributed by atoms with Crippen LogP contribution in [0.4, 0.5) is 0 Å². The van der Waals surface area contributed by atoms with E-state index in [1.807, 2.05) is 24.2 Å². The number of hydrogen-bond acceptors (Lipinski definition) is 5. The molecule has 1 aliphatic rings. The van der Waals surface area contributed by atoms with E-state index in [2.05, 4.69) is 28.1 Å². The van der Waals surface area contributed by atoms with E-state index in [1.54, 1.807) is 11.3 Å². The van der Waals surface area contributed by atoms with E-state index in [9.17, 15) is 0 Å². The summed E-state index contributed by atoms with van der Waals surface area (Å²) < 4.78 is 7.58. The Hall–Kier alpha value is -1.24. The molecule has 0 radical (unpaired) electrons. The minimum absolute atomic E-state index is 0.364. The van der Waals surface area contributed by atoms with Crippen molar-refractivity contribution in [3.63, 3.8) is 0 Å². The molecular formula is C15H22N4OS. The summed E-state index contributed by atoms with van der Waals surface area (Å²) in [6.45, 7) is 8.56. The predicted molar refractivity (Wildman–Crippen MR) is 83.4 cm³/mol. The second-order valence-electron chi connectivity index (χ2n) is 5.60. The summed E-state index contributed by atoms with van der Waals surface area (Å²) in [5.41, 5.74) is 5.62. The first-order valence-corrected chi connectivity index (χ1v) is 8.26. The second kappa shape index (κ2) is 6.25. The molecule has 0 spiro atoms. The summed E-state index contributed by atoms with van der Waals surface area (Å²) in [5.74, 6) is 0.364. The highest BCUT2D eigenvalue weighted by molar-refractivity contribution is 7.09. The average Bonchev–Trinajstić information content (AvgIpc) is 3.02. The molecule has 0 unspecified atom stereocenters. The lowest BCUT2D eigenvalue weighted by Gasteiger charge is -2.31. The van der Waals surface area contributed by atoms with Crippen LogP contribution < -0.4 is 0 Å². The Morgan fingerprint density at radius 3 is 3.05 bits per heavy atom. The number of aryl methyl sites for hydroxylation is 2. The van der Waals surface area contributed by atoms with Crippen molar-refractivity contribution in [1.82, 2.24) is 19.7 Å². The third-order valence-corrected chi connectivity index (χ3v) is 4.85. The summed E-state index contributed by atoms with van der Waals surface area (Å²) in [7, 11) is 1.99. The van der Waals surface area contributed by atoms with Crippen LogP contribution in [-0.2, 0) is 24.9 Å². The van der Waals surface area contributed by atoms with Gasteiger partial charge in [0.25, 0.3) is 0 Å². The van der Waals surface area contributed by atoms with Crippen molar-refractivity contribution in [2.45, 2.75) is 32.9 Å². The molecule has 0 bridgehead atoms. The summed E-state index contributed by atoms with van der Waals surface area (Å²) >= 11 is 1.74. The Morgan fingerprint density at radius 2 is 2.33 bits per heavy atom. The van der Waals surface area contributed by atoms with Crippen LogP contribution in [-0.4, -0.2) is 39.4 Å². The molecule has 1 atom stereocenters. The van der Waals surface area contributed by atoms with Gasteiger partial charge >= 0.3 is 0 Å². The Labute approximate surface area is 129 Å². The minimum atomic E-state index is 0.364. The van der Waals surface area contributed by atoms with Crippen LogP contribution in [0, 0.1) is 6.92 Å². The van der Waals surface area contributed by atoms with Crippen LogP contribution >= 0.6 is 11.3 Å². The van der Waals surface area contributed by atoms with Crippen LogP contribution in [0.5, 0.6) is 0 Å². The highest BCUT2D eigenvalue weighted by Crippen LogP contribution is 2.29. The summed E-state index contributed by atoms with van der Waals surface area (Å²) in [6.07, 6.45) is 2.14. The maximum atomic E-state index is 5.66. The molecule has 0 aliphatic carbocycles. The standard InChI is InChI=1S/C15H22N4OS/c1-4-20-9-13-7-19(8-14-11(2)16-10-21-14)6-12-5-18(3)17-15(12)13/h5,10,13H,4,6-9H2,1-3H3/t13-/m0/s1. The van der Waals surface area contributed by atoms with Gasteiger partial charge in [-0.05, 0) is 13.8 Å². The lowest BCUT2D eigenvalue weighted by Crippen LogP contribution is -2.34. The van der Waals surface area contributed by atoms with Gasteiger partial charge in [0.05, 0.1) is 23.5 Å². The number of hydrogen-bond donors (Lipinski definition) is 0. The summed E-state index contributed by atoms with van der Waals surface area (Å²) in [5, 5.41) is 4.63. The van der Waals surface area contributed by atoms with Gasteiger partial charge in [0.1, 0.15) is 0 Å². The summed E-state index contributed by atoms with van der Waals surface area (Å²) in [6, 6.07) is 0. The number of fused-ring (bicyclic) bond motifs is 1. The average molecular weight is 306 g/mol. The van der Waals surface area contributed by atoms with E-state index in [1.165, 1.54) is 16.1 Å². The van der Waals surface area contributed by atoms with Crippen molar-refractivity contribution in [2.24, 2.45) is 7.05 Å². The first-order chi connectivity index (χ1) is 10.2. The summed E-state index contributed by atoms with van der Waals surface area (Å²) in [4.78, 5) is 8.19. The Morgan fingerprint density at radius 1 is 1.48 bits per heavy atom. The minimum Gasteiger partial charge on any atom is -0.381 e. The van der Waals surface area contributed by atoms with Gasteiger partial charge < -0.3 is 4.74 Å². The van der Waals surface area contributed by atoms with Gasteiger partial charge in [-0.15, -0.1) is 11.3 Å². The predicted octanol–water partition coefficient (Wildman–Crippen LogP) is 2.32. The Bertz CT molecular complexity index is 607. The van der Waals surface area contributed by atoms with Gasteiger partial charge in [-0.1, -0.05) is 0 Å². The topological polar surface area (TPSA) is 43.2 Å². The molecule has 6 heteroatoms. The molecule has 2 aromatic rings. The fourth-order valence-electron chi connectivity index (χ4n) is 2.92. The zero-order chi connectivity index (χ0) is 14.8. The third kappa shape index (κ3) is 3.17. The van der Waals surface area contributed by atoms with Crippen molar-refractivity contribution in [3.8, 4) is 0 Å². The van der Waals surface area contributed by atoms with Crippen molar-refractivity contribution < 1.29 is 4.74 Å². The Kier molecular flexibility index (Phi) is 4.37. The zero-order valence-corrected chi connectivity index (χ0v) is 13.7. The number of rotatable bonds is 5. The molecule has 0 amide bonds. The number of aromatic nitrogens is 3. The van der Waals surface area contributed by atoms with Gasteiger partial charge in [-0.3, -0.25) is 9.58 Å². The maximum absolute atomic E-state index is 5.66. The first-order valence-electron chi connectivity index (χ1n) is 7.38. The van der Waals surface area contributed by atoms with E-state index < -0.39 is 0 Å². The number of thiazole rings is 1. The monoisotopic (exact) mass is 306 g/mol. The van der Waals surface area contributed by atoms with Crippen LogP contribution in [0.1, 0.15) is 34.7 Å². The van der Waals surface area contributed by atoms with E-state index in [4.69, 9.17) is 4.74 Å². The third-order valence-electron chi connectivity index (χ3n) is 3.93. The molecule has 0 N–H and O–H groups in total. The lowest BCUT2D eigenvalue weighted by atomic mass is 9.97.